The number of hydrogen-bond donors (Lipinski definition) is 1. The number of ether oxygens (including phenoxy) is 1. The summed E-state index contributed by atoms with van der Waals surface area (Å²) < 4.78 is 6.65. The van der Waals surface area contributed by atoms with Crippen molar-refractivity contribution in [2.75, 3.05) is 0 Å². The number of fused-ring (bicyclic) bond motifs is 1. The van der Waals surface area contributed by atoms with Crippen LogP contribution >= 0.6 is 22.9 Å². The maximum Gasteiger partial charge on any atom is 0.336 e. The Kier molecular flexibility index (Phi) is 3.82. The molecule has 0 bridgehead atoms. The Morgan fingerprint density at radius 3 is 2.81 bits per heavy atom. The third kappa shape index (κ3) is 2.86. The highest BCUT2D eigenvalue weighted by atomic mass is 35.5. The standard InChI is InChI=1S/C16H11ClO3S/c17-11-3-1-4-12(7-11)20-8-10-9-21-14-6-2-5-13(15(10)14)16(18)19/h1-7,9H,8H2,(H,18,19). The fourth-order valence-corrected chi connectivity index (χ4v) is 3.31. The van der Waals surface area contributed by atoms with Crippen LogP contribution < -0.4 is 4.74 Å². The van der Waals surface area contributed by atoms with Crippen LogP contribution in [-0.2, 0) is 6.61 Å². The van der Waals surface area contributed by atoms with Crippen LogP contribution in [0.5, 0.6) is 5.75 Å². The molecule has 0 aliphatic rings. The van der Waals surface area contributed by atoms with Crippen LogP contribution in [0.4, 0.5) is 0 Å². The van der Waals surface area contributed by atoms with Crippen molar-refractivity contribution in [1.82, 2.24) is 0 Å². The molecule has 0 aliphatic carbocycles. The first-order valence-corrected chi connectivity index (χ1v) is 7.51. The first kappa shape index (κ1) is 13.9. The van der Waals surface area contributed by atoms with Gasteiger partial charge in [0.2, 0.25) is 0 Å². The molecular weight excluding hydrogens is 308 g/mol. The second-order valence-electron chi connectivity index (χ2n) is 4.49. The highest BCUT2D eigenvalue weighted by molar-refractivity contribution is 7.17. The summed E-state index contributed by atoms with van der Waals surface area (Å²) in [5.74, 6) is -0.266. The molecule has 0 unspecified atom stereocenters. The van der Waals surface area contributed by atoms with Gasteiger partial charge < -0.3 is 9.84 Å². The summed E-state index contributed by atoms with van der Waals surface area (Å²) >= 11 is 7.43. The van der Waals surface area contributed by atoms with Gasteiger partial charge in [-0.05, 0) is 35.7 Å². The number of rotatable bonds is 4. The average molecular weight is 319 g/mol. The van der Waals surface area contributed by atoms with E-state index in [1.807, 2.05) is 23.6 Å². The zero-order valence-corrected chi connectivity index (χ0v) is 12.4. The third-order valence-corrected chi connectivity index (χ3v) is 4.33. The van der Waals surface area contributed by atoms with Crippen molar-refractivity contribution in [3.63, 3.8) is 0 Å². The summed E-state index contributed by atoms with van der Waals surface area (Å²) in [6.45, 7) is 0.310. The minimum Gasteiger partial charge on any atom is -0.489 e. The molecule has 5 heteroatoms. The van der Waals surface area contributed by atoms with E-state index >= 15 is 0 Å². The van der Waals surface area contributed by atoms with E-state index in [0.29, 0.717) is 22.9 Å². The number of hydrogen-bond acceptors (Lipinski definition) is 3. The SMILES string of the molecule is O=C(O)c1cccc2scc(COc3cccc(Cl)c3)c12. The number of carboxylic acids is 1. The Labute approximate surface area is 130 Å². The maximum absolute atomic E-state index is 11.3. The lowest BCUT2D eigenvalue weighted by molar-refractivity contribution is 0.0699. The van der Waals surface area contributed by atoms with E-state index < -0.39 is 5.97 Å². The molecule has 0 fully saturated rings. The first-order valence-electron chi connectivity index (χ1n) is 6.26. The largest absolute Gasteiger partial charge is 0.489 e. The highest BCUT2D eigenvalue weighted by Crippen LogP contribution is 2.30. The topological polar surface area (TPSA) is 46.5 Å². The van der Waals surface area contributed by atoms with E-state index in [1.165, 1.54) is 11.3 Å². The van der Waals surface area contributed by atoms with Crippen molar-refractivity contribution in [3.8, 4) is 5.75 Å². The Hall–Kier alpha value is -2.04. The molecular formula is C16H11ClO3S. The number of carbonyl (C=O) groups is 1. The molecule has 1 heterocycles. The number of halogens is 1. The van der Waals surface area contributed by atoms with Crippen LogP contribution in [0, 0.1) is 0 Å². The zero-order valence-electron chi connectivity index (χ0n) is 10.9. The fraction of sp³-hybridized carbons (Fsp3) is 0.0625. The molecule has 3 nitrogen and oxygen atoms in total. The third-order valence-electron chi connectivity index (χ3n) is 3.10. The molecule has 2 aromatic carbocycles. The summed E-state index contributed by atoms with van der Waals surface area (Å²) in [5, 5.41) is 12.6. The molecule has 3 aromatic rings. The van der Waals surface area contributed by atoms with Gasteiger partial charge in [-0.2, -0.15) is 0 Å². The van der Waals surface area contributed by atoms with E-state index in [1.54, 1.807) is 24.3 Å². The fourth-order valence-electron chi connectivity index (χ4n) is 2.16. The monoisotopic (exact) mass is 318 g/mol. The van der Waals surface area contributed by atoms with Gasteiger partial charge in [0.15, 0.2) is 0 Å². The Morgan fingerprint density at radius 2 is 2.05 bits per heavy atom. The summed E-state index contributed by atoms with van der Waals surface area (Å²) in [6.07, 6.45) is 0. The van der Waals surface area contributed by atoms with E-state index in [4.69, 9.17) is 16.3 Å². The molecule has 1 N–H and O–H groups in total. The molecule has 21 heavy (non-hydrogen) atoms. The van der Waals surface area contributed by atoms with Crippen molar-refractivity contribution >= 4 is 39.0 Å². The highest BCUT2D eigenvalue weighted by Gasteiger charge is 2.14. The van der Waals surface area contributed by atoms with E-state index in [0.717, 1.165) is 15.6 Å². The predicted molar refractivity (Wildman–Crippen MR) is 84.6 cm³/mol. The smallest absolute Gasteiger partial charge is 0.336 e. The van der Waals surface area contributed by atoms with Crippen LogP contribution in [-0.4, -0.2) is 11.1 Å². The Balaban J connectivity index is 1.92. The van der Waals surface area contributed by atoms with Crippen molar-refractivity contribution in [3.05, 3.63) is 64.0 Å². The van der Waals surface area contributed by atoms with Crippen LogP contribution in [0.25, 0.3) is 10.1 Å². The molecule has 0 spiro atoms. The van der Waals surface area contributed by atoms with Crippen molar-refractivity contribution in [1.29, 1.82) is 0 Å². The van der Waals surface area contributed by atoms with Crippen LogP contribution in [0.2, 0.25) is 5.02 Å². The van der Waals surface area contributed by atoms with Gasteiger partial charge in [0.05, 0.1) is 5.56 Å². The predicted octanol–water partition coefficient (Wildman–Crippen LogP) is 4.83. The number of aromatic carboxylic acids is 1. The van der Waals surface area contributed by atoms with Crippen molar-refractivity contribution in [2.24, 2.45) is 0 Å². The van der Waals surface area contributed by atoms with E-state index in [2.05, 4.69) is 0 Å². The minimum absolute atomic E-state index is 0.304. The molecule has 0 radical (unpaired) electrons. The van der Waals surface area contributed by atoms with Gasteiger partial charge in [0.25, 0.3) is 0 Å². The average Bonchev–Trinajstić information content (AvgIpc) is 2.88. The molecule has 0 saturated heterocycles. The molecule has 106 valence electrons. The van der Waals surface area contributed by atoms with Gasteiger partial charge in [-0.3, -0.25) is 0 Å². The lowest BCUT2D eigenvalue weighted by Crippen LogP contribution is -2.00. The Bertz CT molecular complexity index is 810. The quantitative estimate of drug-likeness (QED) is 0.749. The summed E-state index contributed by atoms with van der Waals surface area (Å²) in [5.41, 5.74) is 1.17. The van der Waals surface area contributed by atoms with Gasteiger partial charge in [0, 0.05) is 20.7 Å². The van der Waals surface area contributed by atoms with Gasteiger partial charge >= 0.3 is 5.97 Å². The number of benzene rings is 2. The second-order valence-corrected chi connectivity index (χ2v) is 5.84. The first-order chi connectivity index (χ1) is 10.1. The summed E-state index contributed by atoms with van der Waals surface area (Å²) in [7, 11) is 0. The molecule has 0 aliphatic heterocycles. The normalized spacial score (nSPS) is 10.7. The van der Waals surface area contributed by atoms with Gasteiger partial charge in [-0.25, -0.2) is 4.79 Å². The van der Waals surface area contributed by atoms with Crippen LogP contribution in [0.3, 0.4) is 0 Å². The summed E-state index contributed by atoms with van der Waals surface area (Å²) in [4.78, 5) is 11.3. The molecule has 0 amide bonds. The summed E-state index contributed by atoms with van der Waals surface area (Å²) in [6, 6.07) is 12.4. The van der Waals surface area contributed by atoms with Gasteiger partial charge in [-0.1, -0.05) is 23.7 Å². The van der Waals surface area contributed by atoms with Gasteiger partial charge in [0.1, 0.15) is 12.4 Å². The number of thiophene rings is 1. The lowest BCUT2D eigenvalue weighted by Gasteiger charge is -2.07. The zero-order chi connectivity index (χ0) is 14.8. The maximum atomic E-state index is 11.3. The molecule has 3 rings (SSSR count). The lowest BCUT2D eigenvalue weighted by atomic mass is 10.1. The molecule has 1 aromatic heterocycles. The Morgan fingerprint density at radius 1 is 1.24 bits per heavy atom. The second kappa shape index (κ2) is 5.76. The van der Waals surface area contributed by atoms with E-state index in [-0.39, 0.29) is 0 Å². The van der Waals surface area contributed by atoms with Crippen LogP contribution in [0.1, 0.15) is 15.9 Å². The van der Waals surface area contributed by atoms with Crippen molar-refractivity contribution < 1.29 is 14.6 Å². The molecule has 0 saturated carbocycles. The minimum atomic E-state index is -0.928. The molecule has 0 atom stereocenters. The van der Waals surface area contributed by atoms with Gasteiger partial charge in [-0.15, -0.1) is 11.3 Å². The number of carboxylic acid groups (broad SMARTS) is 1. The van der Waals surface area contributed by atoms with Crippen LogP contribution in [0.15, 0.2) is 47.8 Å². The van der Waals surface area contributed by atoms with Crippen molar-refractivity contribution in [2.45, 2.75) is 6.61 Å². The van der Waals surface area contributed by atoms with E-state index in [9.17, 15) is 9.90 Å².